The van der Waals surface area contributed by atoms with Gasteiger partial charge < -0.3 is 4.74 Å². The maximum absolute atomic E-state index is 12.4. The summed E-state index contributed by atoms with van der Waals surface area (Å²) in [5, 5.41) is 0. The third kappa shape index (κ3) is 2.30. The summed E-state index contributed by atoms with van der Waals surface area (Å²) in [7, 11) is 1.22. The minimum absolute atomic E-state index is 0.175. The monoisotopic (exact) mass is 298 g/mol. The minimum atomic E-state index is -0.805. The van der Waals surface area contributed by atoms with Crippen molar-refractivity contribution in [3.63, 3.8) is 0 Å². The molecule has 4 atom stereocenters. The van der Waals surface area contributed by atoms with E-state index in [1.807, 2.05) is 36.3 Å². The van der Waals surface area contributed by atoms with Gasteiger partial charge in [0.15, 0.2) is 0 Å². The minimum Gasteiger partial charge on any atom is -0.463 e. The van der Waals surface area contributed by atoms with Gasteiger partial charge in [0.25, 0.3) is 0 Å². The van der Waals surface area contributed by atoms with Gasteiger partial charge in [0, 0.05) is 17.4 Å². The average molecular weight is 298 g/mol. The average Bonchev–Trinajstić information content (AvgIpc) is 3.17. The molecule has 114 valence electrons. The molecule has 3 rings (SSSR count). The van der Waals surface area contributed by atoms with Crippen molar-refractivity contribution < 1.29 is 19.1 Å². The van der Waals surface area contributed by atoms with Crippen molar-refractivity contribution in [2.75, 3.05) is 7.11 Å². The lowest BCUT2D eigenvalue weighted by Crippen LogP contribution is -2.35. The quantitative estimate of drug-likeness (QED) is 0.486. The van der Waals surface area contributed by atoms with E-state index in [2.05, 4.69) is 4.74 Å². The molecular weight excluding hydrogens is 280 g/mol. The molecule has 0 radical (unpaired) electrons. The van der Waals surface area contributed by atoms with E-state index in [1.165, 1.54) is 7.11 Å². The van der Waals surface area contributed by atoms with Crippen LogP contribution in [0.1, 0.15) is 24.8 Å². The number of esters is 1. The maximum Gasteiger partial charge on any atom is 0.374 e. The molecule has 1 aromatic rings. The Morgan fingerprint density at radius 3 is 2.32 bits per heavy atom. The number of hydrogen-bond acceptors (Lipinski definition) is 4. The Labute approximate surface area is 129 Å². The van der Waals surface area contributed by atoms with Gasteiger partial charge in [-0.1, -0.05) is 30.3 Å². The number of hydrogen-bond donors (Lipinski definition) is 0. The number of fused-ring (bicyclic) bond motifs is 2. The van der Waals surface area contributed by atoms with E-state index >= 15 is 0 Å². The summed E-state index contributed by atoms with van der Waals surface area (Å²) in [5.41, 5.74) is 1.31. The van der Waals surface area contributed by atoms with Gasteiger partial charge >= 0.3 is 5.97 Å². The van der Waals surface area contributed by atoms with Crippen LogP contribution in [0.25, 0.3) is 5.57 Å². The number of methoxy groups -OCH3 is 1. The number of benzene rings is 1. The molecule has 2 fully saturated rings. The number of rotatable bonds is 4. The summed E-state index contributed by atoms with van der Waals surface area (Å²) >= 11 is 0. The summed E-state index contributed by atoms with van der Waals surface area (Å²) in [4.78, 5) is 35.7. The van der Waals surface area contributed by atoms with Crippen molar-refractivity contribution in [3.05, 3.63) is 35.9 Å². The summed E-state index contributed by atoms with van der Waals surface area (Å²) in [6, 6.07) is 9.30. The second kappa shape index (κ2) is 5.90. The zero-order valence-electron chi connectivity index (χ0n) is 12.5. The predicted octanol–water partition coefficient (Wildman–Crippen LogP) is 2.31. The third-order valence-electron chi connectivity index (χ3n) is 5.13. The Morgan fingerprint density at radius 2 is 1.73 bits per heavy atom. The van der Waals surface area contributed by atoms with E-state index in [1.54, 1.807) is 0 Å². The van der Waals surface area contributed by atoms with Crippen LogP contribution in [0.15, 0.2) is 30.3 Å². The largest absolute Gasteiger partial charge is 0.463 e. The predicted molar refractivity (Wildman–Crippen MR) is 80.4 cm³/mol. The Bertz CT molecular complexity index is 642. The van der Waals surface area contributed by atoms with E-state index < -0.39 is 17.7 Å². The summed E-state index contributed by atoms with van der Waals surface area (Å²) in [6.45, 7) is 0. The SMILES string of the molecule is COC(=O)C(=O)C1C2CCC(C2)C1C(=C=O)c1ccccc1. The Kier molecular flexibility index (Phi) is 3.95. The summed E-state index contributed by atoms with van der Waals surface area (Å²) in [5.74, 6) is 0.541. The van der Waals surface area contributed by atoms with Crippen LogP contribution in [0.4, 0.5) is 0 Å². The van der Waals surface area contributed by atoms with Gasteiger partial charge in [0.05, 0.1) is 7.11 Å². The normalized spacial score (nSPS) is 29.0. The van der Waals surface area contributed by atoms with Crippen LogP contribution in [0.2, 0.25) is 0 Å². The van der Waals surface area contributed by atoms with Crippen molar-refractivity contribution >= 4 is 23.3 Å². The summed E-state index contributed by atoms with van der Waals surface area (Å²) in [6.07, 6.45) is 2.84. The van der Waals surface area contributed by atoms with Crippen LogP contribution in [0.3, 0.4) is 0 Å². The Hall–Kier alpha value is -2.19. The van der Waals surface area contributed by atoms with Gasteiger partial charge in [0.2, 0.25) is 5.78 Å². The molecule has 2 aliphatic rings. The van der Waals surface area contributed by atoms with Gasteiger partial charge in [-0.15, -0.1) is 0 Å². The number of ketones is 1. The smallest absolute Gasteiger partial charge is 0.374 e. The highest BCUT2D eigenvalue weighted by Gasteiger charge is 2.54. The molecule has 0 aliphatic heterocycles. The van der Waals surface area contributed by atoms with E-state index in [0.717, 1.165) is 24.8 Å². The molecule has 22 heavy (non-hydrogen) atoms. The first-order chi connectivity index (χ1) is 10.7. The molecule has 0 spiro atoms. The second-order valence-corrected chi connectivity index (χ2v) is 6.12. The first-order valence-corrected chi connectivity index (χ1v) is 7.60. The number of ether oxygens (including phenoxy) is 1. The highest BCUT2D eigenvalue weighted by atomic mass is 16.5. The van der Waals surface area contributed by atoms with Crippen LogP contribution in [-0.4, -0.2) is 24.8 Å². The van der Waals surface area contributed by atoms with Crippen molar-refractivity contribution in [3.8, 4) is 0 Å². The standard InChI is InChI=1S/C18H18O4/c1-22-18(21)17(20)16-13-8-7-12(9-13)15(16)14(10-19)11-5-3-2-4-6-11/h2-6,12-13,15-16H,7-9H2,1H3. The molecular formula is C18H18O4. The van der Waals surface area contributed by atoms with Gasteiger partial charge in [0.1, 0.15) is 5.94 Å². The topological polar surface area (TPSA) is 60.4 Å². The van der Waals surface area contributed by atoms with E-state index in [9.17, 15) is 14.4 Å². The van der Waals surface area contributed by atoms with Crippen LogP contribution >= 0.6 is 0 Å². The molecule has 4 heteroatoms. The van der Waals surface area contributed by atoms with Gasteiger partial charge in [-0.3, -0.25) is 4.79 Å². The fourth-order valence-corrected chi connectivity index (χ4v) is 4.26. The van der Waals surface area contributed by atoms with E-state index in [0.29, 0.717) is 5.57 Å². The number of carbonyl (C=O) groups excluding carboxylic acids is 3. The molecule has 4 nitrogen and oxygen atoms in total. The fourth-order valence-electron chi connectivity index (χ4n) is 4.26. The highest BCUT2D eigenvalue weighted by Crippen LogP contribution is 2.56. The number of Topliss-reactive ketones (excluding diaryl/α,β-unsaturated/α-hetero) is 1. The second-order valence-electron chi connectivity index (χ2n) is 6.12. The Morgan fingerprint density at radius 1 is 1.09 bits per heavy atom. The van der Waals surface area contributed by atoms with Gasteiger partial charge in [-0.25, -0.2) is 9.59 Å². The van der Waals surface area contributed by atoms with Crippen LogP contribution in [0, 0.1) is 23.7 Å². The van der Waals surface area contributed by atoms with Crippen molar-refractivity contribution in [1.29, 1.82) is 0 Å². The fraction of sp³-hybridized carbons (Fsp3) is 0.444. The van der Waals surface area contributed by atoms with E-state index in [4.69, 9.17) is 0 Å². The maximum atomic E-state index is 12.4. The molecule has 0 N–H and O–H groups in total. The first-order valence-electron chi connectivity index (χ1n) is 7.60. The zero-order valence-corrected chi connectivity index (χ0v) is 12.5. The lowest BCUT2D eigenvalue weighted by Gasteiger charge is -2.29. The zero-order chi connectivity index (χ0) is 15.7. The first kappa shape index (κ1) is 14.7. The molecule has 1 aromatic carbocycles. The number of allylic oxidation sites excluding steroid dienone is 1. The molecule has 0 saturated heterocycles. The molecule has 4 unspecified atom stereocenters. The molecule has 2 aliphatic carbocycles. The van der Waals surface area contributed by atoms with E-state index in [-0.39, 0.29) is 17.8 Å². The van der Waals surface area contributed by atoms with Crippen LogP contribution < -0.4 is 0 Å². The molecule has 0 aromatic heterocycles. The lowest BCUT2D eigenvalue weighted by molar-refractivity contribution is -0.154. The van der Waals surface area contributed by atoms with Crippen molar-refractivity contribution in [2.24, 2.45) is 23.7 Å². The van der Waals surface area contributed by atoms with Crippen LogP contribution in [0.5, 0.6) is 0 Å². The Balaban J connectivity index is 1.98. The van der Waals surface area contributed by atoms with Crippen LogP contribution in [-0.2, 0) is 19.1 Å². The van der Waals surface area contributed by atoms with Gasteiger partial charge in [-0.2, -0.15) is 0 Å². The van der Waals surface area contributed by atoms with Crippen molar-refractivity contribution in [1.82, 2.24) is 0 Å². The third-order valence-corrected chi connectivity index (χ3v) is 5.13. The lowest BCUT2D eigenvalue weighted by atomic mass is 9.72. The number of carbonyl (C=O) groups is 2. The molecule has 0 heterocycles. The highest BCUT2D eigenvalue weighted by molar-refractivity contribution is 6.35. The molecule has 2 bridgehead atoms. The van der Waals surface area contributed by atoms with Crippen molar-refractivity contribution in [2.45, 2.75) is 19.3 Å². The summed E-state index contributed by atoms with van der Waals surface area (Å²) < 4.78 is 4.60. The van der Waals surface area contributed by atoms with Gasteiger partial charge in [-0.05, 0) is 36.7 Å². The molecule has 2 saturated carbocycles. The molecule has 0 amide bonds.